The Bertz CT molecular complexity index is 699. The molecule has 0 saturated carbocycles. The average molecular weight is 291 g/mol. The predicted octanol–water partition coefficient (Wildman–Crippen LogP) is 5.09. The Morgan fingerprint density at radius 2 is 1.79 bits per heavy atom. The van der Waals surface area contributed by atoms with E-state index in [0.717, 1.165) is 11.2 Å². The Kier molecular flexibility index (Phi) is 3.36. The third kappa shape index (κ3) is 2.70. The highest BCUT2D eigenvalue weighted by Gasteiger charge is 2.02. The van der Waals surface area contributed by atoms with Crippen molar-refractivity contribution >= 4 is 39.8 Å². The van der Waals surface area contributed by atoms with Crippen molar-refractivity contribution < 1.29 is 0 Å². The van der Waals surface area contributed by atoms with Crippen LogP contribution >= 0.6 is 23.2 Å². The van der Waals surface area contributed by atoms with Gasteiger partial charge in [0.2, 0.25) is 0 Å². The van der Waals surface area contributed by atoms with E-state index < -0.39 is 0 Å². The number of benzene rings is 2. The maximum Gasteiger partial charge on any atom is 0.0504 e. The van der Waals surface area contributed by atoms with Crippen LogP contribution in [-0.4, -0.2) is 4.98 Å². The second-order valence-corrected chi connectivity index (χ2v) is 5.24. The number of halogens is 2. The van der Waals surface area contributed by atoms with Crippen LogP contribution in [0.3, 0.4) is 0 Å². The van der Waals surface area contributed by atoms with E-state index in [1.54, 1.807) is 6.07 Å². The quantitative estimate of drug-likeness (QED) is 0.691. The van der Waals surface area contributed by atoms with Gasteiger partial charge in [-0.05, 0) is 35.2 Å². The van der Waals surface area contributed by atoms with Gasteiger partial charge in [0.1, 0.15) is 0 Å². The van der Waals surface area contributed by atoms with E-state index in [-0.39, 0.29) is 0 Å². The van der Waals surface area contributed by atoms with E-state index in [2.05, 4.69) is 34.6 Å². The van der Waals surface area contributed by atoms with Crippen molar-refractivity contribution in [3.63, 3.8) is 0 Å². The highest BCUT2D eigenvalue weighted by atomic mass is 35.5. The molecule has 96 valence electrons. The molecule has 19 heavy (non-hydrogen) atoms. The minimum atomic E-state index is 0.632. The third-order valence-corrected chi connectivity index (χ3v) is 3.46. The zero-order chi connectivity index (χ0) is 13.2. The van der Waals surface area contributed by atoms with Gasteiger partial charge in [-0.25, -0.2) is 0 Å². The highest BCUT2D eigenvalue weighted by Crippen LogP contribution is 2.24. The standard InChI is InChI=1S/C15H12Cl2N2/c16-12-6-13(17)8-14(7-12)19-9-11-3-1-2-10-4-5-18-15(10)11/h1-8,18-19H,9H2. The van der Waals surface area contributed by atoms with Crippen molar-refractivity contribution in [3.8, 4) is 0 Å². The normalized spacial score (nSPS) is 10.8. The summed E-state index contributed by atoms with van der Waals surface area (Å²) in [5.74, 6) is 0. The molecule has 0 fully saturated rings. The highest BCUT2D eigenvalue weighted by molar-refractivity contribution is 6.35. The summed E-state index contributed by atoms with van der Waals surface area (Å²) in [6.07, 6.45) is 1.95. The third-order valence-electron chi connectivity index (χ3n) is 3.02. The first kappa shape index (κ1) is 12.4. The summed E-state index contributed by atoms with van der Waals surface area (Å²) in [5, 5.41) is 5.81. The molecule has 0 aliphatic carbocycles. The van der Waals surface area contributed by atoms with Crippen molar-refractivity contribution in [3.05, 3.63) is 64.3 Å². The van der Waals surface area contributed by atoms with Gasteiger partial charge < -0.3 is 10.3 Å². The lowest BCUT2D eigenvalue weighted by atomic mass is 10.1. The van der Waals surface area contributed by atoms with Crippen molar-refractivity contribution in [2.45, 2.75) is 6.54 Å². The molecule has 0 saturated heterocycles. The van der Waals surface area contributed by atoms with Gasteiger partial charge in [0, 0.05) is 28.5 Å². The molecule has 2 N–H and O–H groups in total. The van der Waals surface area contributed by atoms with Gasteiger partial charge in [0.15, 0.2) is 0 Å². The Morgan fingerprint density at radius 1 is 1.00 bits per heavy atom. The van der Waals surface area contributed by atoms with Crippen molar-refractivity contribution in [2.75, 3.05) is 5.32 Å². The van der Waals surface area contributed by atoms with E-state index in [1.165, 1.54) is 10.9 Å². The molecule has 0 spiro atoms. The van der Waals surface area contributed by atoms with Crippen LogP contribution in [0, 0.1) is 0 Å². The molecule has 0 atom stereocenters. The summed E-state index contributed by atoms with van der Waals surface area (Å²) in [6, 6.07) is 13.8. The van der Waals surface area contributed by atoms with E-state index in [1.807, 2.05) is 18.3 Å². The lowest BCUT2D eigenvalue weighted by Gasteiger charge is -2.08. The first-order valence-corrected chi connectivity index (χ1v) is 6.73. The molecule has 3 aromatic rings. The van der Waals surface area contributed by atoms with Gasteiger partial charge in [-0.2, -0.15) is 0 Å². The van der Waals surface area contributed by atoms with Crippen LogP contribution in [0.25, 0.3) is 10.9 Å². The van der Waals surface area contributed by atoms with Crippen LogP contribution in [0.15, 0.2) is 48.7 Å². The average Bonchev–Trinajstić information content (AvgIpc) is 2.83. The molecule has 0 aliphatic heterocycles. The fraction of sp³-hybridized carbons (Fsp3) is 0.0667. The van der Waals surface area contributed by atoms with Gasteiger partial charge in [-0.15, -0.1) is 0 Å². The van der Waals surface area contributed by atoms with E-state index >= 15 is 0 Å². The SMILES string of the molecule is Clc1cc(Cl)cc(NCc2cccc3cc[nH]c23)c1. The van der Waals surface area contributed by atoms with E-state index in [4.69, 9.17) is 23.2 Å². The number of nitrogens with one attached hydrogen (secondary N) is 2. The summed E-state index contributed by atoms with van der Waals surface area (Å²) in [5.41, 5.74) is 3.28. The minimum absolute atomic E-state index is 0.632. The first-order valence-electron chi connectivity index (χ1n) is 5.97. The fourth-order valence-corrected chi connectivity index (χ4v) is 2.68. The minimum Gasteiger partial charge on any atom is -0.381 e. The monoisotopic (exact) mass is 290 g/mol. The summed E-state index contributed by atoms with van der Waals surface area (Å²) in [7, 11) is 0. The number of hydrogen-bond donors (Lipinski definition) is 2. The van der Waals surface area contributed by atoms with Crippen LogP contribution in [0.4, 0.5) is 5.69 Å². The van der Waals surface area contributed by atoms with Crippen LogP contribution in [-0.2, 0) is 6.54 Å². The summed E-state index contributed by atoms with van der Waals surface area (Å²) < 4.78 is 0. The van der Waals surface area contributed by atoms with E-state index in [0.29, 0.717) is 16.6 Å². The lowest BCUT2D eigenvalue weighted by Crippen LogP contribution is -2.00. The smallest absolute Gasteiger partial charge is 0.0504 e. The maximum absolute atomic E-state index is 5.98. The van der Waals surface area contributed by atoms with Crippen LogP contribution in [0.2, 0.25) is 10.0 Å². The molecule has 0 amide bonds. The zero-order valence-corrected chi connectivity index (χ0v) is 11.6. The molecule has 2 nitrogen and oxygen atoms in total. The summed E-state index contributed by atoms with van der Waals surface area (Å²) in [4.78, 5) is 3.26. The second-order valence-electron chi connectivity index (χ2n) is 4.37. The summed E-state index contributed by atoms with van der Waals surface area (Å²) >= 11 is 12.0. The molecule has 4 heteroatoms. The van der Waals surface area contributed by atoms with Gasteiger partial charge in [0.05, 0.1) is 5.52 Å². The van der Waals surface area contributed by atoms with Gasteiger partial charge in [0.25, 0.3) is 0 Å². The second kappa shape index (κ2) is 5.16. The van der Waals surface area contributed by atoms with Crippen molar-refractivity contribution in [2.24, 2.45) is 0 Å². The Hall–Kier alpha value is -1.64. The number of hydrogen-bond acceptors (Lipinski definition) is 1. The Morgan fingerprint density at radius 3 is 2.58 bits per heavy atom. The molecule has 0 unspecified atom stereocenters. The largest absolute Gasteiger partial charge is 0.381 e. The molecular formula is C15H12Cl2N2. The Balaban J connectivity index is 1.84. The van der Waals surface area contributed by atoms with Crippen molar-refractivity contribution in [1.29, 1.82) is 0 Å². The van der Waals surface area contributed by atoms with Crippen LogP contribution < -0.4 is 5.32 Å². The number of aromatic amines is 1. The molecule has 0 radical (unpaired) electrons. The van der Waals surface area contributed by atoms with Crippen molar-refractivity contribution in [1.82, 2.24) is 4.98 Å². The lowest BCUT2D eigenvalue weighted by molar-refractivity contribution is 1.16. The van der Waals surface area contributed by atoms with Gasteiger partial charge in [-0.3, -0.25) is 0 Å². The molecule has 3 rings (SSSR count). The molecule has 2 aromatic carbocycles. The molecule has 0 bridgehead atoms. The first-order chi connectivity index (χ1) is 9.22. The van der Waals surface area contributed by atoms with E-state index in [9.17, 15) is 0 Å². The topological polar surface area (TPSA) is 27.8 Å². The predicted molar refractivity (Wildman–Crippen MR) is 82.1 cm³/mol. The van der Waals surface area contributed by atoms with Crippen LogP contribution in [0.5, 0.6) is 0 Å². The number of para-hydroxylation sites is 1. The molecule has 1 aromatic heterocycles. The number of fused-ring (bicyclic) bond motifs is 1. The zero-order valence-electron chi connectivity index (χ0n) is 10.1. The number of aromatic nitrogens is 1. The van der Waals surface area contributed by atoms with Crippen LogP contribution in [0.1, 0.15) is 5.56 Å². The number of rotatable bonds is 3. The van der Waals surface area contributed by atoms with Gasteiger partial charge in [-0.1, -0.05) is 41.4 Å². The fourth-order valence-electron chi connectivity index (χ4n) is 2.15. The van der Waals surface area contributed by atoms with Gasteiger partial charge >= 0.3 is 0 Å². The Labute approximate surface area is 121 Å². The maximum atomic E-state index is 5.98. The number of H-pyrrole nitrogens is 1. The molecule has 0 aliphatic rings. The number of anilines is 1. The molecule has 1 heterocycles. The summed E-state index contributed by atoms with van der Waals surface area (Å²) in [6.45, 7) is 0.717. The molecular weight excluding hydrogens is 279 g/mol.